The molecule has 0 aliphatic carbocycles. The van der Waals surface area contributed by atoms with Gasteiger partial charge in [-0.25, -0.2) is 0 Å². The van der Waals surface area contributed by atoms with E-state index in [2.05, 4.69) is 71.0 Å². The van der Waals surface area contributed by atoms with Crippen LogP contribution in [-0.2, 0) is 6.54 Å². The van der Waals surface area contributed by atoms with E-state index in [1.165, 1.54) is 42.3 Å². The minimum Gasteiger partial charge on any atom is -0.396 e. The summed E-state index contributed by atoms with van der Waals surface area (Å²) in [5, 5.41) is 12.4. The van der Waals surface area contributed by atoms with Gasteiger partial charge in [-0.2, -0.15) is 0 Å². The fraction of sp³-hybridized carbons (Fsp3) is 0.600. The number of aliphatic hydroxyl groups excluding tert-OH is 1. The molecule has 0 bridgehead atoms. The smallest absolute Gasteiger partial charge is 0.0446 e. The van der Waals surface area contributed by atoms with Crippen molar-refractivity contribution in [1.82, 2.24) is 14.7 Å². The molecular formula is C25H37N3O. The van der Waals surface area contributed by atoms with Crippen LogP contribution in [0.3, 0.4) is 0 Å². The average molecular weight is 396 g/mol. The second-order valence-corrected chi connectivity index (χ2v) is 9.14. The molecule has 0 amide bonds. The molecule has 1 atom stereocenters. The van der Waals surface area contributed by atoms with E-state index in [0.717, 1.165) is 32.6 Å². The molecule has 0 spiro atoms. The van der Waals surface area contributed by atoms with E-state index < -0.39 is 0 Å². The standard InChI is InChI=1S/C25H37N3O/c1-20(2)27-13-10-23(11-14-27)28-16-15-26(19-24(28)12-17-29)18-22-8-5-7-21-6-3-4-9-25(21)22/h3-9,20,23-24,29H,10-19H2,1-2H3/t24-/m0/s1. The van der Waals surface area contributed by atoms with Gasteiger partial charge in [-0.05, 0) is 62.5 Å². The maximum absolute atomic E-state index is 9.71. The normalized spacial score (nSPS) is 23.2. The summed E-state index contributed by atoms with van der Waals surface area (Å²) in [6, 6.07) is 17.2. The summed E-state index contributed by atoms with van der Waals surface area (Å²) in [4.78, 5) is 7.93. The van der Waals surface area contributed by atoms with Gasteiger partial charge in [0.15, 0.2) is 0 Å². The molecule has 0 radical (unpaired) electrons. The molecule has 158 valence electrons. The van der Waals surface area contributed by atoms with Crippen LogP contribution < -0.4 is 0 Å². The van der Waals surface area contributed by atoms with Gasteiger partial charge in [0.25, 0.3) is 0 Å². The van der Waals surface area contributed by atoms with Crippen LogP contribution in [-0.4, -0.2) is 77.3 Å². The van der Waals surface area contributed by atoms with Crippen LogP contribution in [0, 0.1) is 0 Å². The van der Waals surface area contributed by atoms with Crippen LogP contribution in [0.4, 0.5) is 0 Å². The molecule has 4 nitrogen and oxygen atoms in total. The number of hydrogen-bond acceptors (Lipinski definition) is 4. The number of nitrogens with zero attached hydrogens (tertiary/aromatic N) is 3. The van der Waals surface area contributed by atoms with Crippen molar-refractivity contribution in [1.29, 1.82) is 0 Å². The molecule has 2 saturated heterocycles. The van der Waals surface area contributed by atoms with Crippen LogP contribution in [0.5, 0.6) is 0 Å². The largest absolute Gasteiger partial charge is 0.396 e. The summed E-state index contributed by atoms with van der Waals surface area (Å²) in [6.45, 7) is 11.6. The summed E-state index contributed by atoms with van der Waals surface area (Å²) in [7, 11) is 0. The summed E-state index contributed by atoms with van der Waals surface area (Å²) < 4.78 is 0. The van der Waals surface area contributed by atoms with Crippen LogP contribution in [0.15, 0.2) is 42.5 Å². The molecular weight excluding hydrogens is 358 g/mol. The minimum absolute atomic E-state index is 0.286. The quantitative estimate of drug-likeness (QED) is 0.810. The molecule has 0 aromatic heterocycles. The highest BCUT2D eigenvalue weighted by atomic mass is 16.3. The van der Waals surface area contributed by atoms with Crippen molar-refractivity contribution < 1.29 is 5.11 Å². The Morgan fingerprint density at radius 3 is 2.48 bits per heavy atom. The summed E-state index contributed by atoms with van der Waals surface area (Å²) in [5.41, 5.74) is 1.42. The van der Waals surface area contributed by atoms with Crippen molar-refractivity contribution in [3.63, 3.8) is 0 Å². The Kier molecular flexibility index (Phi) is 6.86. The van der Waals surface area contributed by atoms with Gasteiger partial charge in [-0.15, -0.1) is 0 Å². The molecule has 0 saturated carbocycles. The van der Waals surface area contributed by atoms with Gasteiger partial charge in [0.2, 0.25) is 0 Å². The Bertz CT molecular complexity index is 779. The molecule has 2 heterocycles. The predicted octanol–water partition coefficient (Wildman–Crippen LogP) is 3.58. The Balaban J connectivity index is 1.41. The topological polar surface area (TPSA) is 30.0 Å². The van der Waals surface area contributed by atoms with Gasteiger partial charge >= 0.3 is 0 Å². The summed E-state index contributed by atoms with van der Waals surface area (Å²) in [6.07, 6.45) is 3.42. The third kappa shape index (κ3) is 4.83. The minimum atomic E-state index is 0.286. The summed E-state index contributed by atoms with van der Waals surface area (Å²) in [5.74, 6) is 0. The van der Waals surface area contributed by atoms with Gasteiger partial charge in [-0.3, -0.25) is 9.80 Å². The van der Waals surface area contributed by atoms with E-state index in [9.17, 15) is 5.11 Å². The van der Waals surface area contributed by atoms with Crippen LogP contribution in [0.2, 0.25) is 0 Å². The first-order chi connectivity index (χ1) is 14.2. The monoisotopic (exact) mass is 395 g/mol. The van der Waals surface area contributed by atoms with Crippen molar-refractivity contribution >= 4 is 10.8 Å². The van der Waals surface area contributed by atoms with Crippen molar-refractivity contribution in [3.8, 4) is 0 Å². The first-order valence-electron chi connectivity index (χ1n) is 11.5. The van der Waals surface area contributed by atoms with E-state index in [0.29, 0.717) is 18.1 Å². The number of piperazine rings is 1. The average Bonchev–Trinajstić information content (AvgIpc) is 2.75. The molecule has 2 aromatic rings. The van der Waals surface area contributed by atoms with Crippen LogP contribution in [0.1, 0.15) is 38.7 Å². The number of aliphatic hydroxyl groups is 1. The van der Waals surface area contributed by atoms with Crippen molar-refractivity contribution in [2.24, 2.45) is 0 Å². The Morgan fingerprint density at radius 2 is 1.72 bits per heavy atom. The number of benzene rings is 2. The van der Waals surface area contributed by atoms with Gasteiger partial charge in [0.1, 0.15) is 0 Å². The SMILES string of the molecule is CC(C)N1CCC(N2CCN(Cc3cccc4ccccc34)C[C@@H]2CCO)CC1. The molecule has 29 heavy (non-hydrogen) atoms. The molecule has 4 heteroatoms. The van der Waals surface area contributed by atoms with E-state index >= 15 is 0 Å². The van der Waals surface area contributed by atoms with Crippen LogP contribution in [0.25, 0.3) is 10.8 Å². The second-order valence-electron chi connectivity index (χ2n) is 9.14. The predicted molar refractivity (Wildman–Crippen MR) is 121 cm³/mol. The van der Waals surface area contributed by atoms with Gasteiger partial charge in [0.05, 0.1) is 0 Å². The molecule has 4 rings (SSSR count). The molecule has 2 aliphatic heterocycles. The number of hydrogen-bond donors (Lipinski definition) is 1. The Hall–Kier alpha value is -1.46. The third-order valence-corrected chi connectivity index (χ3v) is 7.05. The maximum Gasteiger partial charge on any atom is 0.0446 e. The third-order valence-electron chi connectivity index (χ3n) is 7.05. The lowest BCUT2D eigenvalue weighted by atomic mass is 9.97. The van der Waals surface area contributed by atoms with Crippen molar-refractivity contribution in [2.75, 3.05) is 39.3 Å². The highest BCUT2D eigenvalue weighted by Crippen LogP contribution is 2.26. The van der Waals surface area contributed by atoms with Crippen molar-refractivity contribution in [3.05, 3.63) is 48.0 Å². The number of fused-ring (bicyclic) bond motifs is 1. The Morgan fingerprint density at radius 1 is 0.966 bits per heavy atom. The van der Waals surface area contributed by atoms with Crippen LogP contribution >= 0.6 is 0 Å². The number of likely N-dealkylation sites (tertiary alicyclic amines) is 1. The van der Waals surface area contributed by atoms with E-state index in [-0.39, 0.29) is 6.61 Å². The maximum atomic E-state index is 9.71. The lowest BCUT2D eigenvalue weighted by Crippen LogP contribution is -2.58. The highest BCUT2D eigenvalue weighted by molar-refractivity contribution is 5.85. The fourth-order valence-corrected chi connectivity index (χ4v) is 5.37. The zero-order valence-corrected chi connectivity index (χ0v) is 18.1. The first kappa shape index (κ1) is 20.8. The lowest BCUT2D eigenvalue weighted by molar-refractivity contribution is 0.0000751. The first-order valence-corrected chi connectivity index (χ1v) is 11.5. The van der Waals surface area contributed by atoms with Gasteiger partial charge in [0, 0.05) is 50.9 Å². The van der Waals surface area contributed by atoms with E-state index in [4.69, 9.17) is 0 Å². The van der Waals surface area contributed by atoms with E-state index in [1.807, 2.05) is 0 Å². The van der Waals surface area contributed by atoms with Gasteiger partial charge in [-0.1, -0.05) is 42.5 Å². The molecule has 2 aliphatic rings. The molecule has 1 N–H and O–H groups in total. The fourth-order valence-electron chi connectivity index (χ4n) is 5.37. The highest BCUT2D eigenvalue weighted by Gasteiger charge is 2.33. The van der Waals surface area contributed by atoms with Crippen molar-refractivity contribution in [2.45, 2.75) is 57.8 Å². The number of rotatable bonds is 6. The van der Waals surface area contributed by atoms with Gasteiger partial charge < -0.3 is 10.0 Å². The Labute approximate surface area is 176 Å². The zero-order valence-electron chi connectivity index (χ0n) is 18.1. The van der Waals surface area contributed by atoms with E-state index in [1.54, 1.807) is 0 Å². The molecule has 2 aromatic carbocycles. The lowest BCUT2D eigenvalue weighted by Gasteiger charge is -2.48. The summed E-state index contributed by atoms with van der Waals surface area (Å²) >= 11 is 0. The molecule has 0 unspecified atom stereocenters. The number of piperidine rings is 1. The molecule has 2 fully saturated rings. The second kappa shape index (κ2) is 9.57. The zero-order chi connectivity index (χ0) is 20.2.